The van der Waals surface area contributed by atoms with Crippen molar-refractivity contribution in [3.8, 4) is 0 Å². The molecule has 1 aliphatic heterocycles. The highest BCUT2D eigenvalue weighted by Gasteiger charge is 2.36. The van der Waals surface area contributed by atoms with Gasteiger partial charge in [0, 0.05) is 30.9 Å². The van der Waals surface area contributed by atoms with E-state index in [-0.39, 0.29) is 11.8 Å². The van der Waals surface area contributed by atoms with Crippen molar-refractivity contribution in [2.45, 2.75) is 11.8 Å². The summed E-state index contributed by atoms with van der Waals surface area (Å²) in [5.41, 5.74) is 1.03. The van der Waals surface area contributed by atoms with Crippen molar-refractivity contribution in [1.82, 2.24) is 19.4 Å². The largest absolute Gasteiger partial charge is 0.356 e. The lowest BCUT2D eigenvalue weighted by molar-refractivity contribution is 0.279. The predicted molar refractivity (Wildman–Crippen MR) is 87.6 cm³/mol. The van der Waals surface area contributed by atoms with Crippen molar-refractivity contribution in [3.05, 3.63) is 48.4 Å². The van der Waals surface area contributed by atoms with Gasteiger partial charge < -0.3 is 9.84 Å². The molecule has 4 rings (SSSR count). The van der Waals surface area contributed by atoms with Gasteiger partial charge in [-0.05, 0) is 18.2 Å². The quantitative estimate of drug-likeness (QED) is 0.742. The van der Waals surface area contributed by atoms with Crippen molar-refractivity contribution >= 4 is 26.9 Å². The Morgan fingerprint density at radius 3 is 2.71 bits per heavy atom. The first-order valence-corrected chi connectivity index (χ1v) is 9.07. The molecule has 9 heteroatoms. The summed E-state index contributed by atoms with van der Waals surface area (Å²) in [7, 11) is -3.43. The maximum atomic E-state index is 12.5. The SMILES string of the molecule is O=S(=O)(Cc1noc2ccccc12)N1CC(Nc2ncccn2)C1. The molecular weight excluding hydrogens is 330 g/mol. The lowest BCUT2D eigenvalue weighted by atomic mass is 10.2. The second kappa shape index (κ2) is 5.84. The van der Waals surface area contributed by atoms with Crippen LogP contribution in [0.3, 0.4) is 0 Å². The fourth-order valence-electron chi connectivity index (χ4n) is 2.62. The van der Waals surface area contributed by atoms with Crippen molar-refractivity contribution in [3.63, 3.8) is 0 Å². The van der Waals surface area contributed by atoms with Crippen LogP contribution in [0.1, 0.15) is 5.69 Å². The Morgan fingerprint density at radius 1 is 1.17 bits per heavy atom. The maximum Gasteiger partial charge on any atom is 0.222 e. The van der Waals surface area contributed by atoms with Crippen molar-refractivity contribution < 1.29 is 12.9 Å². The van der Waals surface area contributed by atoms with Crippen LogP contribution in [0.2, 0.25) is 0 Å². The molecule has 1 aromatic carbocycles. The Labute approximate surface area is 138 Å². The Bertz CT molecular complexity index is 951. The molecule has 24 heavy (non-hydrogen) atoms. The number of rotatable bonds is 5. The molecule has 124 valence electrons. The van der Waals surface area contributed by atoms with Crippen LogP contribution in [0, 0.1) is 0 Å². The molecule has 8 nitrogen and oxygen atoms in total. The van der Waals surface area contributed by atoms with Gasteiger partial charge in [0.15, 0.2) is 5.58 Å². The van der Waals surface area contributed by atoms with Crippen LogP contribution >= 0.6 is 0 Å². The van der Waals surface area contributed by atoms with E-state index in [1.165, 1.54) is 4.31 Å². The first kappa shape index (κ1) is 15.0. The zero-order valence-electron chi connectivity index (χ0n) is 12.7. The summed E-state index contributed by atoms with van der Waals surface area (Å²) in [5, 5.41) is 7.73. The molecule has 0 spiro atoms. The van der Waals surface area contributed by atoms with Gasteiger partial charge in [0.2, 0.25) is 16.0 Å². The number of para-hydroxylation sites is 1. The highest BCUT2D eigenvalue weighted by atomic mass is 32.2. The van der Waals surface area contributed by atoms with E-state index < -0.39 is 10.0 Å². The Hall–Kier alpha value is -2.52. The number of nitrogens with zero attached hydrogens (tertiary/aromatic N) is 4. The lowest BCUT2D eigenvalue weighted by Crippen LogP contribution is -2.57. The minimum atomic E-state index is -3.43. The molecule has 0 unspecified atom stereocenters. The molecule has 3 heterocycles. The molecule has 2 aromatic heterocycles. The third-order valence-corrected chi connectivity index (χ3v) is 5.63. The maximum absolute atomic E-state index is 12.5. The first-order chi connectivity index (χ1) is 11.6. The Morgan fingerprint density at radius 2 is 1.92 bits per heavy atom. The van der Waals surface area contributed by atoms with Gasteiger partial charge in [-0.1, -0.05) is 17.3 Å². The van der Waals surface area contributed by atoms with Gasteiger partial charge in [-0.15, -0.1) is 0 Å². The molecular formula is C15H15N5O3S. The molecule has 0 radical (unpaired) electrons. The fourth-order valence-corrected chi connectivity index (χ4v) is 4.17. The van der Waals surface area contributed by atoms with Crippen LogP contribution in [0.25, 0.3) is 11.0 Å². The normalized spacial score (nSPS) is 16.2. The monoisotopic (exact) mass is 345 g/mol. The molecule has 0 amide bonds. The topological polar surface area (TPSA) is 101 Å². The number of aromatic nitrogens is 3. The number of anilines is 1. The van der Waals surface area contributed by atoms with Gasteiger partial charge in [-0.2, -0.15) is 4.31 Å². The minimum Gasteiger partial charge on any atom is -0.356 e. The molecule has 1 saturated heterocycles. The number of fused-ring (bicyclic) bond motifs is 1. The third kappa shape index (κ3) is 2.83. The number of hydrogen-bond donors (Lipinski definition) is 1. The second-order valence-corrected chi connectivity index (χ2v) is 7.58. The lowest BCUT2D eigenvalue weighted by Gasteiger charge is -2.38. The van der Waals surface area contributed by atoms with Crippen molar-refractivity contribution in [2.24, 2.45) is 0 Å². The van der Waals surface area contributed by atoms with Crippen LogP contribution in [0.5, 0.6) is 0 Å². The van der Waals surface area contributed by atoms with Crippen LogP contribution in [-0.4, -0.2) is 47.0 Å². The van der Waals surface area contributed by atoms with Gasteiger partial charge in [0.25, 0.3) is 0 Å². The van der Waals surface area contributed by atoms with Gasteiger partial charge in [-0.25, -0.2) is 18.4 Å². The summed E-state index contributed by atoms with van der Waals surface area (Å²) in [4.78, 5) is 8.14. The first-order valence-electron chi connectivity index (χ1n) is 7.46. The number of benzene rings is 1. The number of sulfonamides is 1. The van der Waals surface area contributed by atoms with Crippen LogP contribution in [-0.2, 0) is 15.8 Å². The van der Waals surface area contributed by atoms with E-state index in [0.717, 1.165) is 5.39 Å². The van der Waals surface area contributed by atoms with E-state index >= 15 is 0 Å². The highest BCUT2D eigenvalue weighted by Crippen LogP contribution is 2.24. The molecule has 3 aromatic rings. The summed E-state index contributed by atoms with van der Waals surface area (Å²) in [6.07, 6.45) is 3.27. The van der Waals surface area contributed by atoms with Gasteiger partial charge in [0.1, 0.15) is 11.4 Å². The van der Waals surface area contributed by atoms with E-state index in [4.69, 9.17) is 4.52 Å². The molecule has 1 fully saturated rings. The summed E-state index contributed by atoms with van der Waals surface area (Å²) >= 11 is 0. The Kier molecular flexibility index (Phi) is 3.66. The summed E-state index contributed by atoms with van der Waals surface area (Å²) < 4.78 is 31.6. The van der Waals surface area contributed by atoms with Crippen molar-refractivity contribution in [2.75, 3.05) is 18.4 Å². The van der Waals surface area contributed by atoms with Gasteiger partial charge in [0.05, 0.1) is 6.04 Å². The van der Waals surface area contributed by atoms with Gasteiger partial charge >= 0.3 is 0 Å². The van der Waals surface area contributed by atoms with E-state index in [1.54, 1.807) is 24.5 Å². The molecule has 0 aliphatic carbocycles. The smallest absolute Gasteiger partial charge is 0.222 e. The Balaban J connectivity index is 1.42. The van der Waals surface area contributed by atoms with E-state index in [9.17, 15) is 8.42 Å². The molecule has 1 aliphatic rings. The summed E-state index contributed by atoms with van der Waals surface area (Å²) in [6.45, 7) is 0.771. The molecule has 0 bridgehead atoms. The fraction of sp³-hybridized carbons (Fsp3) is 0.267. The molecule has 0 saturated carbocycles. The molecule has 0 atom stereocenters. The minimum absolute atomic E-state index is 0.0104. The zero-order chi connectivity index (χ0) is 16.6. The van der Waals surface area contributed by atoms with Crippen molar-refractivity contribution in [1.29, 1.82) is 0 Å². The average Bonchev–Trinajstić information content (AvgIpc) is 2.94. The summed E-state index contributed by atoms with van der Waals surface area (Å²) in [6, 6.07) is 8.97. The predicted octanol–water partition coefficient (Wildman–Crippen LogP) is 1.24. The average molecular weight is 345 g/mol. The van der Waals surface area contributed by atoms with E-state index in [2.05, 4.69) is 20.4 Å². The molecule has 1 N–H and O–H groups in total. The third-order valence-electron chi connectivity index (χ3n) is 3.91. The van der Waals surface area contributed by atoms with Gasteiger partial charge in [-0.3, -0.25) is 0 Å². The number of nitrogens with one attached hydrogen (secondary N) is 1. The zero-order valence-corrected chi connectivity index (χ0v) is 13.5. The van der Waals surface area contributed by atoms with Crippen LogP contribution < -0.4 is 5.32 Å². The highest BCUT2D eigenvalue weighted by molar-refractivity contribution is 7.88. The van der Waals surface area contributed by atoms with Crippen LogP contribution in [0.4, 0.5) is 5.95 Å². The summed E-state index contributed by atoms with van der Waals surface area (Å²) in [5.74, 6) is 0.334. The van der Waals surface area contributed by atoms with E-state index in [1.807, 2.05) is 18.2 Å². The van der Waals surface area contributed by atoms with E-state index in [0.29, 0.717) is 30.3 Å². The second-order valence-electron chi connectivity index (χ2n) is 5.61. The number of hydrogen-bond acceptors (Lipinski definition) is 7. The standard InChI is InChI=1S/C15H15N5O3S/c21-24(22,10-13-12-4-1-2-5-14(12)23-19-13)20-8-11(9-20)18-15-16-6-3-7-17-15/h1-7,11H,8-10H2,(H,16,17,18). The van der Waals surface area contributed by atoms with Crippen LogP contribution in [0.15, 0.2) is 47.2 Å².